The van der Waals surface area contributed by atoms with Crippen molar-refractivity contribution in [2.75, 3.05) is 46.4 Å². The van der Waals surface area contributed by atoms with Gasteiger partial charge in [0, 0.05) is 66.1 Å². The minimum absolute atomic E-state index is 0.290. The third-order valence-corrected chi connectivity index (χ3v) is 15.0. The van der Waals surface area contributed by atoms with E-state index in [2.05, 4.69) is 35.0 Å². The number of methoxy groups -OCH3 is 4. The van der Waals surface area contributed by atoms with Gasteiger partial charge < -0.3 is 42.2 Å². The highest BCUT2D eigenvalue weighted by Gasteiger charge is 2.30. The van der Waals surface area contributed by atoms with E-state index in [9.17, 15) is 4.39 Å². The number of hydrogen-bond acceptors (Lipinski definition) is 20. The molecule has 1 fully saturated rings. The molecule has 0 radical (unpaired) electrons. The van der Waals surface area contributed by atoms with E-state index in [4.69, 9.17) is 42.2 Å². The maximum atomic E-state index is 14.1. The zero-order valence-corrected chi connectivity index (χ0v) is 41.3. The van der Waals surface area contributed by atoms with Gasteiger partial charge in [-0.2, -0.15) is 0 Å². The molecule has 70 heavy (non-hydrogen) atoms. The summed E-state index contributed by atoms with van der Waals surface area (Å²) in [4.78, 5) is 26.3. The molecule has 10 heterocycles. The third-order valence-electron chi connectivity index (χ3n) is 11.3. The minimum atomic E-state index is -1.09. The predicted molar refractivity (Wildman–Crippen MR) is 265 cm³/mol. The molecule has 0 saturated carbocycles. The summed E-state index contributed by atoms with van der Waals surface area (Å²) >= 11 is 5.82. The quantitative estimate of drug-likeness (QED) is 0.100. The highest BCUT2D eigenvalue weighted by molar-refractivity contribution is 7.18. The Bertz CT molecular complexity index is 3540. The molecule has 18 nitrogen and oxygen atoms in total. The SMILES string of the molecule is COc1cc(OCc2csc(-c3cccnc3)n2)c2cc(-c3cn4nc(OC)sc4n3)oc2c1.COc1cc(OCc2csc(N3CCC(C)(F)CC3)n2)c2cc(-c3cn4nc(OC)sc4n3)oc2c1. The summed E-state index contributed by atoms with van der Waals surface area (Å²) in [5.74, 6) is 3.73. The number of fused-ring (bicyclic) bond motifs is 4. The number of aromatic nitrogens is 9. The van der Waals surface area contributed by atoms with Crippen molar-refractivity contribution in [2.45, 2.75) is 38.6 Å². The van der Waals surface area contributed by atoms with Crippen LogP contribution in [0.25, 0.3) is 65.3 Å². The molecule has 9 aromatic heterocycles. The molecule has 0 spiro atoms. The maximum Gasteiger partial charge on any atom is 0.294 e. The fraction of sp³-hybridized carbons (Fsp3) is 0.255. The molecule has 0 N–H and O–H groups in total. The number of halogens is 1. The van der Waals surface area contributed by atoms with E-state index in [1.54, 1.807) is 91.9 Å². The summed E-state index contributed by atoms with van der Waals surface area (Å²) < 4.78 is 63.3. The van der Waals surface area contributed by atoms with Crippen molar-refractivity contribution in [3.63, 3.8) is 0 Å². The number of furan rings is 2. The number of anilines is 1. The van der Waals surface area contributed by atoms with Crippen LogP contribution in [-0.2, 0) is 13.2 Å². The monoisotopic (exact) mass is 1020 g/mol. The Balaban J connectivity index is 0.000000153. The van der Waals surface area contributed by atoms with Gasteiger partial charge >= 0.3 is 0 Å². The van der Waals surface area contributed by atoms with Gasteiger partial charge in [0.05, 0.1) is 63.0 Å². The number of thiazole rings is 2. The van der Waals surface area contributed by atoms with Gasteiger partial charge in [-0.25, -0.2) is 33.4 Å². The predicted octanol–water partition coefficient (Wildman–Crippen LogP) is 10.9. The largest absolute Gasteiger partial charge is 0.496 e. The molecule has 0 amide bonds. The number of nitrogens with zero attached hydrogens (tertiary/aromatic N) is 10. The summed E-state index contributed by atoms with van der Waals surface area (Å²) in [5.41, 5.74) is 4.14. The number of imidazole rings is 2. The molecule has 12 rings (SSSR count). The molecule has 23 heteroatoms. The number of pyridine rings is 1. The van der Waals surface area contributed by atoms with Crippen molar-refractivity contribution in [1.29, 1.82) is 0 Å². The van der Waals surface area contributed by atoms with Crippen LogP contribution >= 0.6 is 45.3 Å². The Morgan fingerprint density at radius 1 is 0.686 bits per heavy atom. The molecule has 2 aromatic carbocycles. The smallest absolute Gasteiger partial charge is 0.294 e. The highest BCUT2D eigenvalue weighted by Crippen LogP contribution is 2.40. The van der Waals surface area contributed by atoms with Crippen molar-refractivity contribution in [3.05, 3.63) is 95.5 Å². The van der Waals surface area contributed by atoms with E-state index in [0.717, 1.165) is 37.9 Å². The second-order valence-corrected chi connectivity index (χ2v) is 19.7. The van der Waals surface area contributed by atoms with E-state index in [0.29, 0.717) is 110 Å². The summed E-state index contributed by atoms with van der Waals surface area (Å²) in [6.45, 7) is 3.61. The van der Waals surface area contributed by atoms with E-state index in [1.165, 1.54) is 22.7 Å². The lowest BCUT2D eigenvalue weighted by Gasteiger charge is -2.33. The first-order chi connectivity index (χ1) is 34.1. The van der Waals surface area contributed by atoms with E-state index in [1.807, 2.05) is 59.3 Å². The lowest BCUT2D eigenvalue weighted by atomic mass is 9.96. The molecule has 0 aliphatic carbocycles. The van der Waals surface area contributed by atoms with Crippen LogP contribution < -0.4 is 33.3 Å². The van der Waals surface area contributed by atoms with Gasteiger partial charge in [-0.15, -0.1) is 32.9 Å². The lowest BCUT2D eigenvalue weighted by Crippen LogP contribution is -2.40. The Labute approximate surface area is 413 Å². The molecule has 0 bridgehead atoms. The molecular weight excluding hydrogens is 980 g/mol. The molecule has 1 aliphatic heterocycles. The zero-order valence-electron chi connectivity index (χ0n) is 38.1. The standard InChI is InChI=1S/C24H24FN5O4S2.C23H17N5O4S2/c1-24(25)4-6-29(7-5-24)21-26-14(13-35-21)12-33-18-8-15(31-2)9-19-16(18)10-20(34-19)17-11-30-22(27-17)36-23(28-30)32-3;1-29-15-6-18(31-11-14-12-33-21(25-14)13-4-3-5-24-9-13)16-8-20(32-19(16)7-15)17-10-28-22(26-17)34-23(27-28)30-2/h8-11,13H,4-7,12H2,1-3H3;3-10,12H,11H2,1-2H3. The van der Waals surface area contributed by atoms with Crippen molar-refractivity contribution in [3.8, 4) is 66.9 Å². The van der Waals surface area contributed by atoms with Gasteiger partial charge in [0.15, 0.2) is 16.7 Å². The number of ether oxygens (including phenoxy) is 6. The number of piperidine rings is 1. The highest BCUT2D eigenvalue weighted by atomic mass is 32.1. The number of rotatable bonds is 14. The lowest BCUT2D eigenvalue weighted by molar-refractivity contribution is 0.149. The Kier molecular flexibility index (Phi) is 12.2. The molecule has 11 aromatic rings. The van der Waals surface area contributed by atoms with Crippen molar-refractivity contribution >= 4 is 82.3 Å². The first-order valence-electron chi connectivity index (χ1n) is 21.6. The summed E-state index contributed by atoms with van der Waals surface area (Å²) in [5, 5.41) is 17.1. The number of benzene rings is 2. The van der Waals surface area contributed by atoms with Gasteiger partial charge in [0.25, 0.3) is 10.4 Å². The fourth-order valence-electron chi connectivity index (χ4n) is 7.63. The van der Waals surface area contributed by atoms with E-state index >= 15 is 0 Å². The summed E-state index contributed by atoms with van der Waals surface area (Å²) in [6, 6.07) is 15.0. The van der Waals surface area contributed by atoms with Gasteiger partial charge in [-0.1, -0.05) is 0 Å². The summed E-state index contributed by atoms with van der Waals surface area (Å²) in [7, 11) is 6.37. The van der Waals surface area contributed by atoms with Crippen LogP contribution in [0.4, 0.5) is 9.52 Å². The van der Waals surface area contributed by atoms with Crippen LogP contribution in [-0.4, -0.2) is 91.3 Å². The molecule has 1 saturated heterocycles. The minimum Gasteiger partial charge on any atom is -0.496 e. The van der Waals surface area contributed by atoms with Gasteiger partial charge in [0.2, 0.25) is 9.92 Å². The molecular formula is C47H41FN10O8S4. The maximum absolute atomic E-state index is 14.1. The van der Waals surface area contributed by atoms with Crippen LogP contribution in [0, 0.1) is 0 Å². The Hall–Kier alpha value is -7.34. The van der Waals surface area contributed by atoms with Crippen molar-refractivity contribution < 1.29 is 41.6 Å². The van der Waals surface area contributed by atoms with Crippen molar-refractivity contribution in [1.82, 2.24) is 44.1 Å². The third kappa shape index (κ3) is 9.26. The van der Waals surface area contributed by atoms with Crippen molar-refractivity contribution in [2.24, 2.45) is 0 Å². The van der Waals surface area contributed by atoms with E-state index < -0.39 is 5.67 Å². The Morgan fingerprint density at radius 3 is 1.76 bits per heavy atom. The fourth-order valence-corrected chi connectivity index (χ4v) is 10.7. The normalized spacial score (nSPS) is 13.5. The second kappa shape index (κ2) is 18.9. The van der Waals surface area contributed by atoms with Gasteiger partial charge in [0.1, 0.15) is 69.4 Å². The summed E-state index contributed by atoms with van der Waals surface area (Å²) in [6.07, 6.45) is 8.18. The first-order valence-corrected chi connectivity index (χ1v) is 25.0. The topological polar surface area (TPSA) is 184 Å². The average molecular weight is 1020 g/mol. The zero-order chi connectivity index (χ0) is 47.9. The molecule has 0 atom stereocenters. The van der Waals surface area contributed by atoms with E-state index in [-0.39, 0.29) is 6.61 Å². The second-order valence-electron chi connectivity index (χ2n) is 16.1. The van der Waals surface area contributed by atoms with Crippen LogP contribution in [0.1, 0.15) is 31.2 Å². The van der Waals surface area contributed by atoms with Crippen LogP contribution in [0.5, 0.6) is 33.4 Å². The van der Waals surface area contributed by atoms with Gasteiger partial charge in [-0.05, 0) is 66.7 Å². The molecule has 358 valence electrons. The Morgan fingerprint density at radius 2 is 1.24 bits per heavy atom. The van der Waals surface area contributed by atoms with Crippen LogP contribution in [0.3, 0.4) is 0 Å². The van der Waals surface area contributed by atoms with Gasteiger partial charge in [-0.3, -0.25) is 4.98 Å². The van der Waals surface area contributed by atoms with Crippen LogP contribution in [0.15, 0.2) is 92.9 Å². The molecule has 0 unspecified atom stereocenters. The average Bonchev–Trinajstić information content (AvgIpc) is 4.23. The number of hydrogen-bond donors (Lipinski definition) is 0. The first kappa shape index (κ1) is 45.1. The number of alkyl halides is 1. The van der Waals surface area contributed by atoms with Crippen LogP contribution in [0.2, 0.25) is 0 Å². The molecule has 1 aliphatic rings.